The largest absolute Gasteiger partial charge is 0.481 e. The number of hydrogen-bond acceptors (Lipinski definition) is 5. The number of carbonyl (C=O) groups is 1. The zero-order valence-electron chi connectivity index (χ0n) is 11.6. The van der Waals surface area contributed by atoms with Crippen molar-refractivity contribution < 1.29 is 23.4 Å². The van der Waals surface area contributed by atoms with Crippen molar-refractivity contribution in [2.45, 2.75) is 37.7 Å². The number of carboxylic acid groups (broad SMARTS) is 1. The van der Waals surface area contributed by atoms with Crippen LogP contribution < -0.4 is 0 Å². The average Bonchev–Trinajstić information content (AvgIpc) is 2.51. The number of sulfone groups is 1. The number of carboxylic acids is 1. The molecule has 0 aromatic carbocycles. The lowest BCUT2D eigenvalue weighted by Gasteiger charge is -2.38. The van der Waals surface area contributed by atoms with Gasteiger partial charge in [-0.2, -0.15) is 0 Å². The van der Waals surface area contributed by atoms with E-state index in [-0.39, 0.29) is 17.4 Å². The molecule has 1 saturated heterocycles. The third kappa shape index (κ3) is 4.17. The Morgan fingerprint density at radius 1 is 1.20 bits per heavy atom. The van der Waals surface area contributed by atoms with Gasteiger partial charge in [-0.05, 0) is 38.6 Å². The Morgan fingerprint density at radius 2 is 1.85 bits per heavy atom. The second-order valence-corrected chi connectivity index (χ2v) is 8.42. The number of aliphatic hydroxyl groups is 1. The number of nitrogens with zero attached hydrogens (tertiary/aromatic N) is 1. The van der Waals surface area contributed by atoms with E-state index in [0.29, 0.717) is 51.7 Å². The number of aliphatic carboxylic acids is 1. The summed E-state index contributed by atoms with van der Waals surface area (Å²) >= 11 is 0. The van der Waals surface area contributed by atoms with Crippen LogP contribution in [0.3, 0.4) is 0 Å². The predicted octanol–water partition coefficient (Wildman–Crippen LogP) is 0.113. The second kappa shape index (κ2) is 5.99. The summed E-state index contributed by atoms with van der Waals surface area (Å²) in [5.41, 5.74) is -0.861. The van der Waals surface area contributed by atoms with Gasteiger partial charge in [-0.25, -0.2) is 8.42 Å². The number of hydrogen-bond donors (Lipinski definition) is 2. The molecular formula is C13H23NO5S. The van der Waals surface area contributed by atoms with E-state index in [9.17, 15) is 18.3 Å². The molecule has 0 aromatic heterocycles. The van der Waals surface area contributed by atoms with Gasteiger partial charge < -0.3 is 10.2 Å². The zero-order chi connectivity index (χ0) is 14.8. The van der Waals surface area contributed by atoms with Gasteiger partial charge in [-0.3, -0.25) is 9.69 Å². The highest BCUT2D eigenvalue weighted by Gasteiger charge is 2.37. The van der Waals surface area contributed by atoms with Crippen molar-refractivity contribution in [2.24, 2.45) is 5.92 Å². The first-order valence-corrected chi connectivity index (χ1v) is 9.00. The Kier molecular flexibility index (Phi) is 4.71. The lowest BCUT2D eigenvalue weighted by Crippen LogP contribution is -2.47. The summed E-state index contributed by atoms with van der Waals surface area (Å²) in [6, 6.07) is 0. The van der Waals surface area contributed by atoms with Gasteiger partial charge in [0.2, 0.25) is 0 Å². The van der Waals surface area contributed by atoms with Crippen LogP contribution in [0.4, 0.5) is 0 Å². The Bertz CT molecular complexity index is 453. The molecule has 2 rings (SSSR count). The predicted molar refractivity (Wildman–Crippen MR) is 74.3 cm³/mol. The van der Waals surface area contributed by atoms with E-state index in [0.717, 1.165) is 0 Å². The number of rotatable bonds is 3. The summed E-state index contributed by atoms with van der Waals surface area (Å²) < 4.78 is 23.1. The van der Waals surface area contributed by atoms with Crippen LogP contribution in [0, 0.1) is 5.92 Å². The van der Waals surface area contributed by atoms with Crippen LogP contribution in [-0.2, 0) is 14.6 Å². The zero-order valence-corrected chi connectivity index (χ0v) is 12.4. The van der Waals surface area contributed by atoms with Crippen LogP contribution in [0.2, 0.25) is 0 Å². The summed E-state index contributed by atoms with van der Waals surface area (Å²) in [6.07, 6.45) is 2.56. The quantitative estimate of drug-likeness (QED) is 0.768. The average molecular weight is 305 g/mol. The third-order valence-corrected chi connectivity index (χ3v) is 6.15. The van der Waals surface area contributed by atoms with Crippen LogP contribution in [-0.4, -0.2) is 66.2 Å². The minimum Gasteiger partial charge on any atom is -0.481 e. The summed E-state index contributed by atoms with van der Waals surface area (Å²) in [5.74, 6) is -0.753. The van der Waals surface area contributed by atoms with Gasteiger partial charge in [0, 0.05) is 13.1 Å². The highest BCUT2D eigenvalue weighted by atomic mass is 32.2. The molecule has 1 saturated carbocycles. The van der Waals surface area contributed by atoms with Gasteiger partial charge in [0.05, 0.1) is 23.0 Å². The Hall–Kier alpha value is -0.660. The lowest BCUT2D eigenvalue weighted by molar-refractivity contribution is -0.145. The maximum atomic E-state index is 11.6. The van der Waals surface area contributed by atoms with Crippen molar-refractivity contribution in [1.82, 2.24) is 4.90 Å². The van der Waals surface area contributed by atoms with Crippen LogP contribution in [0.1, 0.15) is 32.1 Å². The van der Waals surface area contributed by atoms with Crippen LogP contribution in [0.25, 0.3) is 0 Å². The Labute approximate surface area is 119 Å². The highest BCUT2D eigenvalue weighted by molar-refractivity contribution is 7.91. The van der Waals surface area contributed by atoms with Gasteiger partial charge >= 0.3 is 5.97 Å². The maximum absolute atomic E-state index is 11.6. The molecule has 0 bridgehead atoms. The van der Waals surface area contributed by atoms with Gasteiger partial charge in [0.15, 0.2) is 9.84 Å². The molecule has 116 valence electrons. The molecular weight excluding hydrogens is 282 g/mol. The first kappa shape index (κ1) is 15.7. The molecule has 0 amide bonds. The van der Waals surface area contributed by atoms with Crippen molar-refractivity contribution >= 4 is 15.8 Å². The maximum Gasteiger partial charge on any atom is 0.306 e. The van der Waals surface area contributed by atoms with Gasteiger partial charge in [-0.1, -0.05) is 0 Å². The molecule has 7 heteroatoms. The molecule has 0 radical (unpaired) electrons. The van der Waals surface area contributed by atoms with E-state index in [1.165, 1.54) is 0 Å². The first-order chi connectivity index (χ1) is 9.30. The molecule has 2 aliphatic rings. The summed E-state index contributed by atoms with van der Waals surface area (Å²) in [7, 11) is -2.93. The van der Waals surface area contributed by atoms with E-state index < -0.39 is 21.4 Å². The van der Waals surface area contributed by atoms with Gasteiger partial charge in [0.1, 0.15) is 0 Å². The topological polar surface area (TPSA) is 94.9 Å². The molecule has 1 aliphatic carbocycles. The van der Waals surface area contributed by atoms with E-state index in [4.69, 9.17) is 5.11 Å². The van der Waals surface area contributed by atoms with Crippen molar-refractivity contribution in [3.63, 3.8) is 0 Å². The molecule has 1 aliphatic heterocycles. The van der Waals surface area contributed by atoms with Gasteiger partial charge in [-0.15, -0.1) is 0 Å². The Balaban J connectivity index is 1.88. The fourth-order valence-corrected chi connectivity index (χ4v) is 4.43. The van der Waals surface area contributed by atoms with Crippen molar-refractivity contribution in [3.05, 3.63) is 0 Å². The van der Waals surface area contributed by atoms with E-state index in [1.54, 1.807) is 0 Å². The Morgan fingerprint density at radius 3 is 2.45 bits per heavy atom. The monoisotopic (exact) mass is 305 g/mol. The second-order valence-electron chi connectivity index (χ2n) is 6.12. The van der Waals surface area contributed by atoms with Crippen LogP contribution in [0.5, 0.6) is 0 Å². The molecule has 1 heterocycles. The van der Waals surface area contributed by atoms with E-state index in [2.05, 4.69) is 0 Å². The lowest BCUT2D eigenvalue weighted by atomic mass is 9.78. The summed E-state index contributed by atoms with van der Waals surface area (Å²) in [6.45, 7) is 1.60. The number of β-amino-alcohol motifs (C(OH)–C–C–N with tert-alkyl or cyclic N) is 1. The standard InChI is InChI=1S/C13H23NO5S/c15-12(16)11-2-4-13(17,5-3-11)10-14-6-1-8-20(18,19)9-7-14/h11,17H,1-10H2,(H,15,16). The highest BCUT2D eigenvalue weighted by Crippen LogP contribution is 2.33. The molecule has 2 fully saturated rings. The van der Waals surface area contributed by atoms with Gasteiger partial charge in [0.25, 0.3) is 0 Å². The summed E-state index contributed by atoms with van der Waals surface area (Å²) in [5, 5.41) is 19.5. The van der Waals surface area contributed by atoms with E-state index in [1.807, 2.05) is 4.90 Å². The normalized spacial score (nSPS) is 35.4. The van der Waals surface area contributed by atoms with Crippen molar-refractivity contribution in [3.8, 4) is 0 Å². The fraction of sp³-hybridized carbons (Fsp3) is 0.923. The molecule has 20 heavy (non-hydrogen) atoms. The van der Waals surface area contributed by atoms with Crippen molar-refractivity contribution in [2.75, 3.05) is 31.1 Å². The molecule has 0 aromatic rings. The fourth-order valence-electron chi connectivity index (χ4n) is 3.12. The SMILES string of the molecule is O=C(O)C1CCC(O)(CN2CCCS(=O)(=O)CC2)CC1. The molecule has 2 N–H and O–H groups in total. The summed E-state index contributed by atoms with van der Waals surface area (Å²) in [4.78, 5) is 12.9. The first-order valence-electron chi connectivity index (χ1n) is 7.18. The van der Waals surface area contributed by atoms with Crippen LogP contribution in [0.15, 0.2) is 0 Å². The third-order valence-electron chi connectivity index (χ3n) is 4.43. The smallest absolute Gasteiger partial charge is 0.306 e. The minimum atomic E-state index is -2.93. The van der Waals surface area contributed by atoms with Crippen LogP contribution >= 0.6 is 0 Å². The molecule has 6 nitrogen and oxygen atoms in total. The molecule has 0 atom stereocenters. The van der Waals surface area contributed by atoms with Crippen molar-refractivity contribution in [1.29, 1.82) is 0 Å². The van der Waals surface area contributed by atoms with E-state index >= 15 is 0 Å². The molecule has 0 unspecified atom stereocenters. The minimum absolute atomic E-state index is 0.154. The molecule has 0 spiro atoms.